The van der Waals surface area contributed by atoms with Gasteiger partial charge in [-0.05, 0) is 38.2 Å². The fourth-order valence-corrected chi connectivity index (χ4v) is 4.31. The number of piperidine rings is 1. The Kier molecular flexibility index (Phi) is 4.85. The first-order chi connectivity index (χ1) is 11.8. The second kappa shape index (κ2) is 7.23. The van der Waals surface area contributed by atoms with Crippen LogP contribution in [0.1, 0.15) is 73.5 Å². The Morgan fingerprint density at radius 3 is 2.62 bits per heavy atom. The van der Waals surface area contributed by atoms with E-state index in [1.54, 1.807) is 0 Å². The first-order valence-corrected chi connectivity index (χ1v) is 9.42. The van der Waals surface area contributed by atoms with E-state index in [0.717, 1.165) is 31.5 Å². The van der Waals surface area contributed by atoms with Crippen LogP contribution in [0.5, 0.6) is 0 Å². The van der Waals surface area contributed by atoms with Crippen LogP contribution in [0.2, 0.25) is 0 Å². The van der Waals surface area contributed by atoms with Crippen molar-refractivity contribution in [2.24, 2.45) is 0 Å². The minimum absolute atomic E-state index is 0.0112. The maximum absolute atomic E-state index is 13.0. The third-order valence-electron chi connectivity index (χ3n) is 5.63. The van der Waals surface area contributed by atoms with Gasteiger partial charge in [-0.25, -0.2) is 0 Å². The van der Waals surface area contributed by atoms with Gasteiger partial charge in [0.05, 0.1) is 19.3 Å². The molecule has 0 aromatic carbocycles. The largest absolute Gasteiger partial charge is 0.348 e. The van der Waals surface area contributed by atoms with Gasteiger partial charge in [0.1, 0.15) is 5.69 Å². The summed E-state index contributed by atoms with van der Waals surface area (Å²) in [5.41, 5.74) is 1.67. The van der Waals surface area contributed by atoms with Crippen LogP contribution in [0.15, 0.2) is 6.07 Å². The van der Waals surface area contributed by atoms with E-state index in [0.29, 0.717) is 24.8 Å². The molecule has 6 heteroatoms. The number of likely N-dealkylation sites (tertiary alicyclic amines) is 1. The Balaban J connectivity index is 1.48. The highest BCUT2D eigenvalue weighted by molar-refractivity contribution is 5.92. The van der Waals surface area contributed by atoms with Crippen molar-refractivity contribution >= 4 is 5.91 Å². The third-order valence-corrected chi connectivity index (χ3v) is 5.63. The molecular formula is C18H27N3O3. The maximum atomic E-state index is 13.0. The summed E-state index contributed by atoms with van der Waals surface area (Å²) in [4.78, 5) is 14.9. The van der Waals surface area contributed by atoms with Crippen LogP contribution in [-0.2, 0) is 9.47 Å². The van der Waals surface area contributed by atoms with E-state index < -0.39 is 0 Å². The second-order valence-electron chi connectivity index (χ2n) is 7.22. The predicted molar refractivity (Wildman–Crippen MR) is 88.8 cm³/mol. The number of aromatic nitrogens is 2. The average Bonchev–Trinajstić information content (AvgIpc) is 3.34. The molecule has 1 amide bonds. The molecule has 6 nitrogen and oxygen atoms in total. The molecule has 2 aliphatic heterocycles. The molecule has 0 bridgehead atoms. The van der Waals surface area contributed by atoms with Crippen LogP contribution in [0.25, 0.3) is 0 Å². The SMILES string of the molecule is O=C(c1cc(C2CCCCC2)[nH]n1)N1CCCCC1C1OCCO1. The Labute approximate surface area is 142 Å². The standard InChI is InChI=1S/C18H27N3O3/c22-17(15-12-14(19-20-15)13-6-2-1-3-7-13)21-9-5-4-8-16(21)18-23-10-11-24-18/h12-13,16,18H,1-11H2,(H,19,20). The topological polar surface area (TPSA) is 67.5 Å². The van der Waals surface area contributed by atoms with Crippen molar-refractivity contribution in [1.82, 2.24) is 15.1 Å². The number of nitrogens with zero attached hydrogens (tertiary/aromatic N) is 2. The highest BCUT2D eigenvalue weighted by atomic mass is 16.7. The van der Waals surface area contributed by atoms with E-state index in [1.807, 2.05) is 11.0 Å². The van der Waals surface area contributed by atoms with E-state index in [-0.39, 0.29) is 18.2 Å². The lowest BCUT2D eigenvalue weighted by atomic mass is 9.87. The highest BCUT2D eigenvalue weighted by Crippen LogP contribution is 2.32. The maximum Gasteiger partial charge on any atom is 0.274 e. The van der Waals surface area contributed by atoms with Crippen molar-refractivity contribution in [2.75, 3.05) is 19.8 Å². The Morgan fingerprint density at radius 2 is 1.83 bits per heavy atom. The quantitative estimate of drug-likeness (QED) is 0.923. The molecule has 1 aliphatic carbocycles. The number of aromatic amines is 1. The number of hydrogen-bond acceptors (Lipinski definition) is 4. The lowest BCUT2D eigenvalue weighted by Gasteiger charge is -2.37. The van der Waals surface area contributed by atoms with Crippen LogP contribution in [0, 0.1) is 0 Å². The molecule has 1 N–H and O–H groups in total. The molecule has 3 fully saturated rings. The molecule has 0 spiro atoms. The van der Waals surface area contributed by atoms with Crippen molar-refractivity contribution in [3.8, 4) is 0 Å². The van der Waals surface area contributed by atoms with E-state index in [1.165, 1.54) is 32.1 Å². The fraction of sp³-hybridized carbons (Fsp3) is 0.778. The Morgan fingerprint density at radius 1 is 1.08 bits per heavy atom. The molecule has 1 atom stereocenters. The second-order valence-corrected chi connectivity index (χ2v) is 7.22. The number of H-pyrrole nitrogens is 1. The molecular weight excluding hydrogens is 306 g/mol. The monoisotopic (exact) mass is 333 g/mol. The first-order valence-electron chi connectivity index (χ1n) is 9.42. The smallest absolute Gasteiger partial charge is 0.274 e. The summed E-state index contributed by atoms with van der Waals surface area (Å²) in [6.07, 6.45) is 9.10. The summed E-state index contributed by atoms with van der Waals surface area (Å²) >= 11 is 0. The summed E-state index contributed by atoms with van der Waals surface area (Å²) in [6, 6.07) is 1.99. The van der Waals surface area contributed by atoms with E-state index in [4.69, 9.17) is 9.47 Å². The summed E-state index contributed by atoms with van der Waals surface area (Å²) in [6.45, 7) is 2.01. The van der Waals surface area contributed by atoms with E-state index in [9.17, 15) is 4.79 Å². The van der Waals surface area contributed by atoms with Gasteiger partial charge in [0.25, 0.3) is 5.91 Å². The summed E-state index contributed by atoms with van der Waals surface area (Å²) < 4.78 is 11.3. The van der Waals surface area contributed by atoms with Gasteiger partial charge < -0.3 is 14.4 Å². The Bertz CT molecular complexity index is 562. The van der Waals surface area contributed by atoms with Crippen molar-refractivity contribution in [3.63, 3.8) is 0 Å². The van der Waals surface area contributed by atoms with Crippen LogP contribution in [0.3, 0.4) is 0 Å². The molecule has 3 aliphatic rings. The molecule has 24 heavy (non-hydrogen) atoms. The molecule has 4 rings (SSSR count). The third kappa shape index (κ3) is 3.22. The zero-order valence-electron chi connectivity index (χ0n) is 14.2. The lowest BCUT2D eigenvalue weighted by Crippen LogP contribution is -2.50. The normalized spacial score (nSPS) is 26.8. The van der Waals surface area contributed by atoms with Gasteiger partial charge >= 0.3 is 0 Å². The van der Waals surface area contributed by atoms with Gasteiger partial charge in [-0.15, -0.1) is 0 Å². The molecule has 2 saturated heterocycles. The first kappa shape index (κ1) is 16.1. The fourth-order valence-electron chi connectivity index (χ4n) is 4.31. The van der Waals surface area contributed by atoms with E-state index in [2.05, 4.69) is 10.2 Å². The number of ether oxygens (including phenoxy) is 2. The number of carbonyl (C=O) groups excluding carboxylic acids is 1. The average molecular weight is 333 g/mol. The molecule has 1 unspecified atom stereocenters. The van der Waals surface area contributed by atoms with Crippen molar-refractivity contribution in [3.05, 3.63) is 17.5 Å². The van der Waals surface area contributed by atoms with Crippen molar-refractivity contribution in [1.29, 1.82) is 0 Å². The predicted octanol–water partition coefficient (Wildman–Crippen LogP) is 2.83. The molecule has 3 heterocycles. The number of amides is 1. The van der Waals surface area contributed by atoms with Gasteiger partial charge in [0, 0.05) is 18.2 Å². The minimum atomic E-state index is -0.272. The highest BCUT2D eigenvalue weighted by Gasteiger charge is 2.37. The summed E-state index contributed by atoms with van der Waals surface area (Å²) in [7, 11) is 0. The molecule has 0 radical (unpaired) electrons. The minimum Gasteiger partial charge on any atom is -0.348 e. The molecule has 1 aromatic heterocycles. The van der Waals surface area contributed by atoms with E-state index >= 15 is 0 Å². The van der Waals surface area contributed by atoms with Gasteiger partial charge in [0.15, 0.2) is 6.29 Å². The summed E-state index contributed by atoms with van der Waals surface area (Å²) in [5.74, 6) is 0.545. The number of hydrogen-bond donors (Lipinski definition) is 1. The van der Waals surface area contributed by atoms with Gasteiger partial charge in [-0.1, -0.05) is 19.3 Å². The number of rotatable bonds is 3. The van der Waals surface area contributed by atoms with Crippen LogP contribution >= 0.6 is 0 Å². The Hall–Kier alpha value is -1.40. The number of carbonyl (C=O) groups is 1. The van der Waals surface area contributed by atoms with Crippen LogP contribution in [-0.4, -0.2) is 53.1 Å². The zero-order valence-corrected chi connectivity index (χ0v) is 14.2. The van der Waals surface area contributed by atoms with Crippen LogP contribution in [0.4, 0.5) is 0 Å². The van der Waals surface area contributed by atoms with Crippen molar-refractivity contribution in [2.45, 2.75) is 69.6 Å². The molecule has 1 aromatic rings. The van der Waals surface area contributed by atoms with Crippen molar-refractivity contribution < 1.29 is 14.3 Å². The zero-order chi connectivity index (χ0) is 16.4. The van der Waals surface area contributed by atoms with Gasteiger partial charge in [-0.3, -0.25) is 9.89 Å². The van der Waals surface area contributed by atoms with Crippen LogP contribution < -0.4 is 0 Å². The molecule has 1 saturated carbocycles. The van der Waals surface area contributed by atoms with Gasteiger partial charge in [0.2, 0.25) is 0 Å². The molecule has 132 valence electrons. The lowest BCUT2D eigenvalue weighted by molar-refractivity contribution is -0.100. The number of nitrogens with one attached hydrogen (secondary N) is 1. The summed E-state index contributed by atoms with van der Waals surface area (Å²) in [5, 5.41) is 7.45. The van der Waals surface area contributed by atoms with Gasteiger partial charge in [-0.2, -0.15) is 5.10 Å².